The molecule has 6 heteroatoms. The number of benzene rings is 1. The van der Waals surface area contributed by atoms with Crippen molar-refractivity contribution >= 4 is 17.0 Å². The summed E-state index contributed by atoms with van der Waals surface area (Å²) in [5.74, 6) is -1.14. The number of carbonyl (C=O) groups is 1. The fourth-order valence-electron chi connectivity index (χ4n) is 1.65. The zero-order valence-electron chi connectivity index (χ0n) is 9.27. The van der Waals surface area contributed by atoms with Crippen molar-refractivity contribution in [3.63, 3.8) is 0 Å². The summed E-state index contributed by atoms with van der Waals surface area (Å²) in [7, 11) is 0. The molecule has 6 nitrogen and oxygen atoms in total. The number of nitrogens with two attached hydrogens (primary N) is 1. The van der Waals surface area contributed by atoms with Crippen LogP contribution in [0.4, 0.5) is 0 Å². The first-order valence-electron chi connectivity index (χ1n) is 5.08. The summed E-state index contributed by atoms with van der Waals surface area (Å²) in [6, 6.07) is 3.37. The molecular weight excluding hydrogens is 222 g/mol. The van der Waals surface area contributed by atoms with Crippen molar-refractivity contribution in [1.82, 2.24) is 9.97 Å². The van der Waals surface area contributed by atoms with Gasteiger partial charge in [0, 0.05) is 6.42 Å². The number of imidazole rings is 1. The number of H-pyrrole nitrogens is 1. The van der Waals surface area contributed by atoms with E-state index in [0.717, 1.165) is 0 Å². The van der Waals surface area contributed by atoms with Gasteiger partial charge in [0.15, 0.2) is 0 Å². The van der Waals surface area contributed by atoms with Crippen molar-refractivity contribution in [2.45, 2.75) is 18.9 Å². The summed E-state index contributed by atoms with van der Waals surface area (Å²) in [5.41, 5.74) is 5.81. The zero-order chi connectivity index (χ0) is 12.6. The van der Waals surface area contributed by atoms with Gasteiger partial charge < -0.3 is 20.9 Å². The zero-order valence-corrected chi connectivity index (χ0v) is 9.27. The third-order valence-corrected chi connectivity index (χ3v) is 2.69. The Hall–Kier alpha value is -2.08. The molecule has 1 aromatic carbocycles. The Kier molecular flexibility index (Phi) is 2.51. The first-order valence-corrected chi connectivity index (χ1v) is 5.08. The van der Waals surface area contributed by atoms with E-state index in [-0.39, 0.29) is 12.2 Å². The van der Waals surface area contributed by atoms with E-state index in [1.54, 1.807) is 12.1 Å². The van der Waals surface area contributed by atoms with Crippen LogP contribution in [-0.2, 0) is 11.2 Å². The molecular formula is C11H13N3O3. The Balaban J connectivity index is 2.43. The molecule has 1 aromatic heterocycles. The molecule has 0 aliphatic carbocycles. The molecule has 2 aromatic rings. The number of hydrogen-bond donors (Lipinski definition) is 4. The molecule has 5 N–H and O–H groups in total. The summed E-state index contributed by atoms with van der Waals surface area (Å²) < 4.78 is 0. The second kappa shape index (κ2) is 3.74. The van der Waals surface area contributed by atoms with Gasteiger partial charge in [0.05, 0.1) is 11.8 Å². The van der Waals surface area contributed by atoms with E-state index in [1.807, 2.05) is 0 Å². The minimum Gasteiger partial charge on any atom is -0.505 e. The first-order chi connectivity index (χ1) is 7.92. The van der Waals surface area contributed by atoms with Gasteiger partial charge in [-0.25, -0.2) is 4.98 Å². The van der Waals surface area contributed by atoms with Crippen LogP contribution in [0, 0.1) is 0 Å². The smallest absolute Gasteiger partial charge is 0.323 e. The van der Waals surface area contributed by atoms with Crippen LogP contribution in [-0.4, -0.2) is 31.7 Å². The lowest BCUT2D eigenvalue weighted by Gasteiger charge is -2.19. The Morgan fingerprint density at radius 2 is 2.29 bits per heavy atom. The van der Waals surface area contributed by atoms with Crippen LogP contribution in [0.25, 0.3) is 11.0 Å². The minimum atomic E-state index is -1.42. The highest BCUT2D eigenvalue weighted by molar-refractivity contribution is 5.83. The van der Waals surface area contributed by atoms with Crippen molar-refractivity contribution in [3.8, 4) is 5.75 Å². The number of phenols is 1. The van der Waals surface area contributed by atoms with Crippen LogP contribution in [0.2, 0.25) is 0 Å². The maximum atomic E-state index is 10.9. The van der Waals surface area contributed by atoms with Gasteiger partial charge in [0.2, 0.25) is 0 Å². The molecule has 1 heterocycles. The van der Waals surface area contributed by atoms with Crippen molar-refractivity contribution < 1.29 is 15.0 Å². The lowest BCUT2D eigenvalue weighted by molar-refractivity contribution is -0.142. The number of fused-ring (bicyclic) bond motifs is 1. The number of aromatic nitrogens is 2. The Morgan fingerprint density at radius 3 is 2.94 bits per heavy atom. The largest absolute Gasteiger partial charge is 0.505 e. The molecule has 90 valence electrons. The highest BCUT2D eigenvalue weighted by Gasteiger charge is 2.29. The second-order valence-electron chi connectivity index (χ2n) is 4.27. The quantitative estimate of drug-likeness (QED) is 0.622. The average molecular weight is 235 g/mol. The van der Waals surface area contributed by atoms with E-state index in [2.05, 4.69) is 9.97 Å². The fraction of sp³-hybridized carbons (Fsp3) is 0.273. The number of nitrogens with one attached hydrogen (secondary N) is 1. The van der Waals surface area contributed by atoms with Gasteiger partial charge in [0.1, 0.15) is 16.8 Å². The van der Waals surface area contributed by atoms with Crippen LogP contribution in [0.1, 0.15) is 12.5 Å². The molecule has 0 aliphatic heterocycles. The van der Waals surface area contributed by atoms with Crippen LogP contribution >= 0.6 is 0 Å². The van der Waals surface area contributed by atoms with Crippen molar-refractivity contribution in [2.75, 3.05) is 0 Å². The standard InChI is InChI=1S/C11H13N3O3/c1-11(12,10(16)17)4-6-2-3-7-8(9(6)15)14-5-13-7/h2-3,5,15H,4,12H2,1H3,(H,13,14)(H,16,17). The molecule has 0 spiro atoms. The molecule has 0 saturated carbocycles. The average Bonchev–Trinajstić information content (AvgIpc) is 2.70. The number of aromatic amines is 1. The number of nitrogens with zero attached hydrogens (tertiary/aromatic N) is 1. The SMILES string of the molecule is CC(N)(Cc1ccc2[nH]cnc2c1O)C(=O)O. The van der Waals surface area contributed by atoms with Crippen LogP contribution in [0.15, 0.2) is 18.5 Å². The number of hydrogen-bond acceptors (Lipinski definition) is 4. The van der Waals surface area contributed by atoms with Crippen LogP contribution < -0.4 is 5.73 Å². The Labute approximate surface area is 97.1 Å². The topological polar surface area (TPSA) is 112 Å². The lowest BCUT2D eigenvalue weighted by Crippen LogP contribution is -2.46. The van der Waals surface area contributed by atoms with E-state index >= 15 is 0 Å². The van der Waals surface area contributed by atoms with E-state index in [4.69, 9.17) is 10.8 Å². The third-order valence-electron chi connectivity index (χ3n) is 2.69. The molecule has 0 aliphatic rings. The summed E-state index contributed by atoms with van der Waals surface area (Å²) in [6.07, 6.45) is 1.50. The number of carboxylic acids is 1. The van der Waals surface area contributed by atoms with Crippen molar-refractivity contribution in [1.29, 1.82) is 0 Å². The molecule has 0 radical (unpaired) electrons. The summed E-state index contributed by atoms with van der Waals surface area (Å²) >= 11 is 0. The summed E-state index contributed by atoms with van der Waals surface area (Å²) in [5, 5.41) is 18.9. The fourth-order valence-corrected chi connectivity index (χ4v) is 1.65. The van der Waals surface area contributed by atoms with Gasteiger partial charge in [0.25, 0.3) is 0 Å². The maximum absolute atomic E-state index is 10.9. The number of phenolic OH excluding ortho intramolecular Hbond substituents is 1. The van der Waals surface area contributed by atoms with Crippen molar-refractivity contribution in [3.05, 3.63) is 24.0 Å². The highest BCUT2D eigenvalue weighted by atomic mass is 16.4. The number of aliphatic carboxylic acids is 1. The Bertz CT molecular complexity index is 574. The maximum Gasteiger partial charge on any atom is 0.323 e. The first kappa shape index (κ1) is 11.4. The van der Waals surface area contributed by atoms with Gasteiger partial charge in [-0.05, 0) is 18.6 Å². The van der Waals surface area contributed by atoms with Crippen LogP contribution in [0.3, 0.4) is 0 Å². The summed E-state index contributed by atoms with van der Waals surface area (Å²) in [6.45, 7) is 1.41. The molecule has 0 bridgehead atoms. The van der Waals surface area contributed by atoms with Gasteiger partial charge >= 0.3 is 5.97 Å². The van der Waals surface area contributed by atoms with E-state index in [1.165, 1.54) is 13.3 Å². The molecule has 0 fully saturated rings. The van der Waals surface area contributed by atoms with Gasteiger partial charge in [-0.1, -0.05) is 6.07 Å². The van der Waals surface area contributed by atoms with Gasteiger partial charge in [-0.15, -0.1) is 0 Å². The molecule has 0 saturated heterocycles. The lowest BCUT2D eigenvalue weighted by atomic mass is 9.93. The number of rotatable bonds is 3. The monoisotopic (exact) mass is 235 g/mol. The van der Waals surface area contributed by atoms with Crippen LogP contribution in [0.5, 0.6) is 5.75 Å². The van der Waals surface area contributed by atoms with E-state index in [0.29, 0.717) is 16.6 Å². The predicted octanol–water partition coefficient (Wildman–Crippen LogP) is 0.613. The van der Waals surface area contributed by atoms with Crippen molar-refractivity contribution in [2.24, 2.45) is 5.73 Å². The normalized spacial score (nSPS) is 14.7. The Morgan fingerprint density at radius 1 is 1.59 bits per heavy atom. The minimum absolute atomic E-state index is 0.0262. The van der Waals surface area contributed by atoms with E-state index < -0.39 is 11.5 Å². The van der Waals surface area contributed by atoms with Gasteiger partial charge in [-0.3, -0.25) is 4.79 Å². The molecule has 2 rings (SSSR count). The highest BCUT2D eigenvalue weighted by Crippen LogP contribution is 2.28. The van der Waals surface area contributed by atoms with Gasteiger partial charge in [-0.2, -0.15) is 0 Å². The third kappa shape index (κ3) is 1.94. The number of carboxylic acid groups (broad SMARTS) is 1. The van der Waals surface area contributed by atoms with E-state index in [9.17, 15) is 9.90 Å². The second-order valence-corrected chi connectivity index (χ2v) is 4.27. The summed E-state index contributed by atoms with van der Waals surface area (Å²) in [4.78, 5) is 17.7. The molecule has 17 heavy (non-hydrogen) atoms. The molecule has 1 atom stereocenters. The molecule has 0 amide bonds. The predicted molar refractivity (Wildman–Crippen MR) is 61.7 cm³/mol. The molecule has 1 unspecified atom stereocenters. The number of aromatic hydroxyl groups is 1.